The van der Waals surface area contributed by atoms with Gasteiger partial charge in [-0.2, -0.15) is 0 Å². The molecule has 92 valence electrons. The molecule has 0 saturated carbocycles. The van der Waals surface area contributed by atoms with Crippen molar-refractivity contribution in [3.63, 3.8) is 0 Å². The maximum Gasteiger partial charge on any atom is 0.313 e. The lowest BCUT2D eigenvalue weighted by atomic mass is 10.1. The van der Waals surface area contributed by atoms with Crippen molar-refractivity contribution in [1.82, 2.24) is 0 Å². The van der Waals surface area contributed by atoms with Crippen LogP contribution >= 0.6 is 0 Å². The molecule has 0 aliphatic carbocycles. The Balaban J connectivity index is 2.50. The summed E-state index contributed by atoms with van der Waals surface area (Å²) in [6, 6.07) is 7.52. The van der Waals surface area contributed by atoms with Crippen LogP contribution < -0.4 is 4.74 Å². The molecule has 0 unspecified atom stereocenters. The van der Waals surface area contributed by atoms with Crippen LogP contribution in [-0.2, 0) is 20.7 Å². The van der Waals surface area contributed by atoms with Crippen molar-refractivity contribution in [1.29, 1.82) is 0 Å². The first-order chi connectivity index (χ1) is 8.17. The number of rotatable bonds is 6. The standard InChI is InChI=1S/C13H16O4/c1-16-12-6-4-3-5-10(12)7-8-11(14)9-13(15)17-2/h3-6H,7-9H2,1-2H3. The fraction of sp³-hybridized carbons (Fsp3) is 0.385. The molecule has 17 heavy (non-hydrogen) atoms. The molecular weight excluding hydrogens is 220 g/mol. The van der Waals surface area contributed by atoms with Crippen molar-refractivity contribution in [3.05, 3.63) is 29.8 Å². The lowest BCUT2D eigenvalue weighted by Crippen LogP contribution is -2.10. The molecule has 0 aliphatic rings. The van der Waals surface area contributed by atoms with E-state index < -0.39 is 5.97 Å². The van der Waals surface area contributed by atoms with Crippen LogP contribution in [-0.4, -0.2) is 26.0 Å². The molecule has 0 atom stereocenters. The maximum absolute atomic E-state index is 11.4. The summed E-state index contributed by atoms with van der Waals surface area (Å²) in [4.78, 5) is 22.3. The van der Waals surface area contributed by atoms with Gasteiger partial charge >= 0.3 is 5.97 Å². The number of ketones is 1. The number of hydrogen-bond donors (Lipinski definition) is 0. The highest BCUT2D eigenvalue weighted by atomic mass is 16.5. The summed E-state index contributed by atoms with van der Waals surface area (Å²) in [5, 5.41) is 0. The first kappa shape index (κ1) is 13.2. The number of Topliss-reactive ketones (excluding diaryl/α,β-unsaturated/α-hetero) is 1. The second-order valence-electron chi connectivity index (χ2n) is 3.60. The molecule has 1 rings (SSSR count). The fourth-order valence-corrected chi connectivity index (χ4v) is 1.51. The number of esters is 1. The predicted octanol–water partition coefficient (Wildman–Crippen LogP) is 1.76. The number of carbonyl (C=O) groups excluding carboxylic acids is 2. The van der Waals surface area contributed by atoms with Gasteiger partial charge in [0.1, 0.15) is 18.0 Å². The van der Waals surface area contributed by atoms with E-state index in [-0.39, 0.29) is 12.2 Å². The largest absolute Gasteiger partial charge is 0.496 e. The minimum absolute atomic E-state index is 0.122. The van der Waals surface area contributed by atoms with Crippen molar-refractivity contribution in [2.45, 2.75) is 19.3 Å². The number of carbonyl (C=O) groups is 2. The summed E-state index contributed by atoms with van der Waals surface area (Å²) in [7, 11) is 2.87. The molecular formula is C13H16O4. The van der Waals surface area contributed by atoms with Gasteiger partial charge in [0, 0.05) is 6.42 Å². The zero-order chi connectivity index (χ0) is 12.7. The Morgan fingerprint density at radius 2 is 1.88 bits per heavy atom. The van der Waals surface area contributed by atoms with Crippen LogP contribution in [0.25, 0.3) is 0 Å². The van der Waals surface area contributed by atoms with Crippen molar-refractivity contribution in [2.24, 2.45) is 0 Å². The lowest BCUT2D eigenvalue weighted by Gasteiger charge is -2.07. The average Bonchev–Trinajstić information content (AvgIpc) is 2.36. The van der Waals surface area contributed by atoms with Gasteiger partial charge in [-0.15, -0.1) is 0 Å². The second kappa shape index (κ2) is 6.68. The summed E-state index contributed by atoms with van der Waals surface area (Å²) in [5.41, 5.74) is 0.966. The van der Waals surface area contributed by atoms with Gasteiger partial charge < -0.3 is 9.47 Å². The topological polar surface area (TPSA) is 52.6 Å². The summed E-state index contributed by atoms with van der Waals surface area (Å²) < 4.78 is 9.61. The molecule has 0 aromatic heterocycles. The highest BCUT2D eigenvalue weighted by molar-refractivity contribution is 5.95. The molecule has 0 heterocycles. The Morgan fingerprint density at radius 1 is 1.18 bits per heavy atom. The van der Waals surface area contributed by atoms with Gasteiger partial charge in [-0.1, -0.05) is 18.2 Å². The molecule has 0 amide bonds. The quantitative estimate of drug-likeness (QED) is 0.558. The van der Waals surface area contributed by atoms with Crippen LogP contribution in [0.4, 0.5) is 0 Å². The van der Waals surface area contributed by atoms with E-state index in [0.29, 0.717) is 12.8 Å². The van der Waals surface area contributed by atoms with Gasteiger partial charge in [-0.05, 0) is 18.1 Å². The van der Waals surface area contributed by atoms with Gasteiger partial charge in [0.15, 0.2) is 0 Å². The van der Waals surface area contributed by atoms with Gasteiger partial charge in [0.25, 0.3) is 0 Å². The van der Waals surface area contributed by atoms with Crippen LogP contribution in [0.2, 0.25) is 0 Å². The predicted molar refractivity (Wildman–Crippen MR) is 63.0 cm³/mol. The summed E-state index contributed by atoms with van der Waals surface area (Å²) in [6.07, 6.45) is 0.723. The van der Waals surface area contributed by atoms with Crippen molar-refractivity contribution >= 4 is 11.8 Å². The summed E-state index contributed by atoms with van der Waals surface area (Å²) >= 11 is 0. The molecule has 0 fully saturated rings. The molecule has 0 N–H and O–H groups in total. The highest BCUT2D eigenvalue weighted by Gasteiger charge is 2.10. The van der Waals surface area contributed by atoms with Gasteiger partial charge in [0.05, 0.1) is 14.2 Å². The molecule has 0 radical (unpaired) electrons. The minimum Gasteiger partial charge on any atom is -0.496 e. The molecule has 0 bridgehead atoms. The third-order valence-electron chi connectivity index (χ3n) is 2.43. The fourth-order valence-electron chi connectivity index (χ4n) is 1.51. The van der Waals surface area contributed by atoms with Gasteiger partial charge in [-0.25, -0.2) is 0 Å². The number of aryl methyl sites for hydroxylation is 1. The van der Waals surface area contributed by atoms with Gasteiger partial charge in [-0.3, -0.25) is 9.59 Å². The van der Waals surface area contributed by atoms with Crippen LogP contribution in [0.1, 0.15) is 18.4 Å². The van der Waals surface area contributed by atoms with E-state index >= 15 is 0 Å². The summed E-state index contributed by atoms with van der Waals surface area (Å²) in [5.74, 6) is 0.149. The van der Waals surface area contributed by atoms with Crippen LogP contribution in [0.3, 0.4) is 0 Å². The Labute approximate surface area is 101 Å². The van der Waals surface area contributed by atoms with E-state index in [2.05, 4.69) is 4.74 Å². The van der Waals surface area contributed by atoms with E-state index in [1.54, 1.807) is 7.11 Å². The average molecular weight is 236 g/mol. The molecule has 0 spiro atoms. The number of ether oxygens (including phenoxy) is 2. The molecule has 4 heteroatoms. The number of para-hydroxylation sites is 1. The first-order valence-corrected chi connectivity index (χ1v) is 5.37. The third-order valence-corrected chi connectivity index (χ3v) is 2.43. The normalized spacial score (nSPS) is 9.76. The van der Waals surface area contributed by atoms with Crippen molar-refractivity contribution in [3.8, 4) is 5.75 Å². The maximum atomic E-state index is 11.4. The number of benzene rings is 1. The summed E-state index contributed by atoms with van der Waals surface area (Å²) in [6.45, 7) is 0. The molecule has 0 aliphatic heterocycles. The van der Waals surface area contributed by atoms with E-state index in [4.69, 9.17) is 4.74 Å². The van der Waals surface area contributed by atoms with Gasteiger partial charge in [0.2, 0.25) is 0 Å². The van der Waals surface area contributed by atoms with E-state index in [1.165, 1.54) is 7.11 Å². The molecule has 1 aromatic carbocycles. The monoisotopic (exact) mass is 236 g/mol. The van der Waals surface area contributed by atoms with Crippen molar-refractivity contribution in [2.75, 3.05) is 14.2 Å². The minimum atomic E-state index is -0.491. The zero-order valence-corrected chi connectivity index (χ0v) is 10.1. The molecule has 1 aromatic rings. The van der Waals surface area contributed by atoms with Crippen molar-refractivity contribution < 1.29 is 19.1 Å². The smallest absolute Gasteiger partial charge is 0.313 e. The zero-order valence-electron chi connectivity index (χ0n) is 10.1. The third kappa shape index (κ3) is 4.26. The Kier molecular flexibility index (Phi) is 5.20. The Bertz CT molecular complexity index is 398. The van der Waals surface area contributed by atoms with E-state index in [9.17, 15) is 9.59 Å². The van der Waals surface area contributed by atoms with Crippen LogP contribution in [0, 0.1) is 0 Å². The Hall–Kier alpha value is -1.84. The lowest BCUT2D eigenvalue weighted by molar-refractivity contribution is -0.143. The van der Waals surface area contributed by atoms with Crippen LogP contribution in [0.15, 0.2) is 24.3 Å². The highest BCUT2D eigenvalue weighted by Crippen LogP contribution is 2.19. The molecule has 0 saturated heterocycles. The van der Waals surface area contributed by atoms with E-state index in [1.807, 2.05) is 24.3 Å². The first-order valence-electron chi connectivity index (χ1n) is 5.37. The number of hydrogen-bond acceptors (Lipinski definition) is 4. The number of methoxy groups -OCH3 is 2. The molecule has 4 nitrogen and oxygen atoms in total. The second-order valence-corrected chi connectivity index (χ2v) is 3.60. The van der Waals surface area contributed by atoms with Crippen LogP contribution in [0.5, 0.6) is 5.75 Å². The van der Waals surface area contributed by atoms with E-state index in [0.717, 1.165) is 11.3 Å². The Morgan fingerprint density at radius 3 is 2.53 bits per heavy atom. The SMILES string of the molecule is COC(=O)CC(=O)CCc1ccccc1OC.